The second-order valence-corrected chi connectivity index (χ2v) is 3.12. The highest BCUT2D eigenvalue weighted by atomic mass is 16.4. The second kappa shape index (κ2) is 16.5. The van der Waals surface area contributed by atoms with Gasteiger partial charge >= 0.3 is 5.97 Å². The smallest absolute Gasteiger partial charge is 0.303 e. The first-order chi connectivity index (χ1) is 10.0. The first-order valence-electron chi connectivity index (χ1n) is 5.63. The molecule has 21 heavy (non-hydrogen) atoms. The molecule has 0 rings (SSSR count). The molecule has 0 bridgehead atoms. The van der Waals surface area contributed by atoms with Crippen molar-refractivity contribution < 1.29 is 30.4 Å². The van der Waals surface area contributed by atoms with Crippen LogP contribution in [-0.2, 0) is 9.59 Å². The van der Waals surface area contributed by atoms with Crippen LogP contribution in [-0.4, -0.2) is 16.9 Å². The summed E-state index contributed by atoms with van der Waals surface area (Å²) in [6.07, 6.45) is 4.96. The number of rotatable bonds is 3. The van der Waals surface area contributed by atoms with E-state index >= 15 is 0 Å². The van der Waals surface area contributed by atoms with Crippen molar-refractivity contribution >= 4 is 11.8 Å². The molecule has 0 radical (unpaired) electrons. The first-order valence-corrected chi connectivity index (χ1v) is 5.63. The summed E-state index contributed by atoms with van der Waals surface area (Å²) in [5.41, 5.74) is 0. The van der Waals surface area contributed by atoms with E-state index in [0.29, 0.717) is 0 Å². The lowest BCUT2D eigenvalue weighted by molar-refractivity contribution is -0.138. The van der Waals surface area contributed by atoms with Gasteiger partial charge in [0.2, 0.25) is 0 Å². The lowest BCUT2D eigenvalue weighted by atomic mass is 10.2. The second-order valence-electron chi connectivity index (χ2n) is 3.12. The van der Waals surface area contributed by atoms with Crippen molar-refractivity contribution in [3.8, 4) is 71.5 Å². The maximum atomic E-state index is 10.1. The summed E-state index contributed by atoms with van der Waals surface area (Å²) >= 11 is 0. The number of terminal acetylenes is 1. The number of carboxylic acids is 1. The zero-order valence-corrected chi connectivity index (χ0v) is 11.8. The van der Waals surface area contributed by atoms with E-state index in [1.165, 1.54) is 6.92 Å². The normalized spacial score (nSPS) is 5.57. The predicted octanol–water partition coefficient (Wildman–Crippen LogP) is 3.80. The van der Waals surface area contributed by atoms with Gasteiger partial charge in [-0.15, -0.1) is 6.42 Å². The van der Waals surface area contributed by atoms with Gasteiger partial charge in [0.15, 0.2) is 0 Å². The van der Waals surface area contributed by atoms with Crippen LogP contribution in [0.4, 0.5) is 0 Å². The largest absolute Gasteiger partial charge is 0.481 e. The average Bonchev–Trinajstić information content (AvgIpc) is 2.44. The van der Waals surface area contributed by atoms with Crippen LogP contribution in [0.5, 0.6) is 0 Å². The molecule has 0 heterocycles. The third-order valence-electron chi connectivity index (χ3n) is 1.39. The van der Waals surface area contributed by atoms with E-state index in [2.05, 4.69) is 65.1 Å². The Morgan fingerprint density at radius 2 is 1.33 bits per heavy atom. The Balaban J connectivity index is -0.0000000159. The predicted molar refractivity (Wildman–Crippen MR) is 104 cm³/mol. The van der Waals surface area contributed by atoms with Crippen LogP contribution >= 0.6 is 0 Å². The van der Waals surface area contributed by atoms with Gasteiger partial charge in [-0.05, 0) is 73.1 Å². The Morgan fingerprint density at radius 1 is 0.905 bits per heavy atom. The lowest BCUT2D eigenvalue weighted by Gasteiger charge is -1.86. The molecule has 0 aliphatic rings. The molecule has 0 aromatic carbocycles. The average molecular weight is 298 g/mol. The third kappa shape index (κ3) is 26.2. The fraction of sp³-hybridized carbons (Fsp3) is 0.222. The lowest BCUT2D eigenvalue weighted by Crippen LogP contribution is -1.98. The fourth-order valence-corrected chi connectivity index (χ4v) is 0.600. The maximum absolute atomic E-state index is 10.1. The molecule has 0 saturated heterocycles. The van der Waals surface area contributed by atoms with E-state index in [0.717, 1.165) is 0 Å². The highest BCUT2D eigenvalue weighted by Gasteiger charge is 1.97. The number of carboxylic acid groups (broad SMARTS) is 1. The summed E-state index contributed by atoms with van der Waals surface area (Å²) in [6, 6.07) is 0. The maximum Gasteiger partial charge on any atom is 0.303 e. The molecule has 0 aromatic rings. The van der Waals surface area contributed by atoms with Crippen LogP contribution in [0.3, 0.4) is 0 Å². The number of hydrogen-bond donors (Lipinski definition) is 1. The molecule has 124 valence electrons. The van der Waals surface area contributed by atoms with E-state index in [1.807, 2.05) is 0 Å². The quantitative estimate of drug-likeness (QED) is 0.806. The zero-order valence-electron chi connectivity index (χ0n) is 11.8. The molecular weight excluding hydrogens is 264 g/mol. The van der Waals surface area contributed by atoms with Crippen molar-refractivity contribution in [2.75, 3.05) is 0 Å². The summed E-state index contributed by atoms with van der Waals surface area (Å²) in [5.74, 6) is 25.9. The van der Waals surface area contributed by atoms with Crippen molar-refractivity contribution in [3.05, 3.63) is 0 Å². The number of ketones is 1. The Morgan fingerprint density at radius 3 is 1.62 bits per heavy atom. The molecule has 0 atom stereocenters. The van der Waals surface area contributed by atoms with Gasteiger partial charge in [-0.2, -0.15) is 0 Å². The Labute approximate surface area is 141 Å². The molecule has 0 unspecified atom stereocenters. The van der Waals surface area contributed by atoms with Crippen molar-refractivity contribution in [3.63, 3.8) is 0 Å². The fourth-order valence-electron chi connectivity index (χ4n) is 0.600. The van der Waals surface area contributed by atoms with Gasteiger partial charge in [0.25, 0.3) is 0 Å². The Hall–Kier alpha value is -3.50. The number of Topliss-reactive ketones (excluding diaryl/α,β-unsaturated/α-hetero) is 1. The van der Waals surface area contributed by atoms with Gasteiger partial charge in [-0.3, -0.25) is 4.79 Å². The molecule has 0 saturated carbocycles. The molecular formula is C18H34O3. The van der Waals surface area contributed by atoms with E-state index < -0.39 is 5.97 Å². The van der Waals surface area contributed by atoms with Crippen molar-refractivity contribution in [1.29, 1.82) is 0 Å². The van der Waals surface area contributed by atoms with Gasteiger partial charge in [0.1, 0.15) is 5.78 Å². The molecule has 3 nitrogen and oxygen atoms in total. The van der Waals surface area contributed by atoms with Gasteiger partial charge in [-0.1, -0.05) is 5.92 Å². The van der Waals surface area contributed by atoms with Gasteiger partial charge < -0.3 is 9.90 Å². The van der Waals surface area contributed by atoms with E-state index in [1.54, 1.807) is 6.92 Å². The van der Waals surface area contributed by atoms with Crippen LogP contribution in [0, 0.1) is 71.5 Å². The van der Waals surface area contributed by atoms with Crippen LogP contribution in [0.1, 0.15) is 42.4 Å². The summed E-state index contributed by atoms with van der Waals surface area (Å²) in [6.45, 7) is 3.08. The first kappa shape index (κ1) is 19.8. The number of carbonyl (C=O) groups is 2. The van der Waals surface area contributed by atoms with E-state index in [9.17, 15) is 9.59 Å². The standard InChI is InChI=1S/C13H4.C5H8O3.11H2/c1-3-5-7-9-11-13-12-10-8-6-4-2;1-4(6)2-3-5(7)8;;;;;;;;;;;/h1H,2H3;2-3H2,1H3,(H,7,8);11*1H. The minimum atomic E-state index is -0.916. The molecule has 0 aromatic heterocycles. The molecule has 0 fully saturated rings. The van der Waals surface area contributed by atoms with Crippen LogP contribution in [0.2, 0.25) is 0 Å². The summed E-state index contributed by atoms with van der Waals surface area (Å²) in [4.78, 5) is 19.8. The van der Waals surface area contributed by atoms with E-state index in [4.69, 9.17) is 11.5 Å². The minimum Gasteiger partial charge on any atom is -0.481 e. The van der Waals surface area contributed by atoms with Crippen LogP contribution in [0.15, 0.2) is 0 Å². The molecule has 0 spiro atoms. The van der Waals surface area contributed by atoms with Gasteiger partial charge in [0, 0.05) is 22.1 Å². The van der Waals surface area contributed by atoms with Gasteiger partial charge in [0.05, 0.1) is 6.42 Å². The highest BCUT2D eigenvalue weighted by Crippen LogP contribution is 1.87. The Bertz CT molecular complexity index is 722. The summed E-state index contributed by atoms with van der Waals surface area (Å²) < 4.78 is 0. The molecule has 0 aliphatic heterocycles. The summed E-state index contributed by atoms with van der Waals surface area (Å²) in [7, 11) is 0. The molecule has 0 aliphatic carbocycles. The monoisotopic (exact) mass is 298 g/mol. The van der Waals surface area contributed by atoms with Crippen LogP contribution < -0.4 is 0 Å². The van der Waals surface area contributed by atoms with Crippen molar-refractivity contribution in [2.45, 2.75) is 26.7 Å². The third-order valence-corrected chi connectivity index (χ3v) is 1.39. The topological polar surface area (TPSA) is 54.4 Å². The summed E-state index contributed by atoms with van der Waals surface area (Å²) in [5, 5.41) is 8.01. The van der Waals surface area contributed by atoms with Gasteiger partial charge in [-0.25, -0.2) is 0 Å². The van der Waals surface area contributed by atoms with Crippen molar-refractivity contribution in [1.82, 2.24) is 0 Å². The zero-order chi connectivity index (χ0) is 16.3. The minimum absolute atomic E-state index is 0. The number of carbonyl (C=O) groups excluding carboxylic acids is 1. The SMILES string of the molecule is C#CC#CC#CC#CC#CC#CC.CC(=O)CCC(=O)O.[HH].[HH].[HH].[HH].[HH].[HH].[HH].[HH].[HH].[HH].[HH]. The molecule has 3 heteroatoms. The number of aliphatic carboxylic acids is 1. The highest BCUT2D eigenvalue weighted by molar-refractivity contribution is 5.80. The molecule has 0 amide bonds. The van der Waals surface area contributed by atoms with Crippen LogP contribution in [0.25, 0.3) is 0 Å². The molecule has 1 N–H and O–H groups in total. The van der Waals surface area contributed by atoms with Crippen molar-refractivity contribution in [2.24, 2.45) is 0 Å². The Kier molecular flexibility index (Phi) is 15.6. The number of hydrogen-bond acceptors (Lipinski definition) is 2. The van der Waals surface area contributed by atoms with E-state index in [-0.39, 0.29) is 34.3 Å².